The number of para-hydroxylation sites is 1. The maximum atomic E-state index is 5.39. The van der Waals surface area contributed by atoms with Gasteiger partial charge in [-0.1, -0.05) is 147 Å². The molecule has 6 aromatic carbocycles. The number of aliphatic imine (C=N–C) groups is 1. The Morgan fingerprint density at radius 2 is 1.15 bits per heavy atom. The van der Waals surface area contributed by atoms with Crippen molar-refractivity contribution in [2.45, 2.75) is 37.0 Å². The Bertz CT molecular complexity index is 3400. The second-order valence-electron chi connectivity index (χ2n) is 17.5. The van der Waals surface area contributed by atoms with E-state index in [9.17, 15) is 0 Å². The Morgan fingerprint density at radius 3 is 1.84 bits per heavy atom. The lowest BCUT2D eigenvalue weighted by molar-refractivity contribution is 0.559. The molecule has 2 spiro atoms. The molecule has 1 unspecified atom stereocenters. The molecule has 13 rings (SSSR count). The Balaban J connectivity index is 1.19. The molecule has 0 saturated heterocycles. The van der Waals surface area contributed by atoms with Crippen LogP contribution in [-0.2, 0) is 16.2 Å². The highest BCUT2D eigenvalue weighted by molar-refractivity contribution is 6.07. The Kier molecular flexibility index (Phi) is 6.70. The zero-order chi connectivity index (χ0) is 40.8. The molecule has 61 heavy (non-hydrogen) atoms. The smallest absolute Gasteiger partial charge is 0.0963 e. The number of rotatable bonds is 3. The third kappa shape index (κ3) is 3.95. The molecule has 0 amide bonds. The fraction of sp³-hybridized carbons (Fsp3) is 0.105. The summed E-state index contributed by atoms with van der Waals surface area (Å²) in [6.07, 6.45) is 8.30. The van der Waals surface area contributed by atoms with Crippen LogP contribution >= 0.6 is 0 Å². The van der Waals surface area contributed by atoms with Crippen LogP contribution in [0.5, 0.6) is 0 Å². The monoisotopic (exact) mass is 780 g/mol. The average molecular weight is 781 g/mol. The van der Waals surface area contributed by atoms with E-state index in [2.05, 4.69) is 190 Å². The zero-order valence-corrected chi connectivity index (χ0v) is 34.2. The highest BCUT2D eigenvalue weighted by Gasteiger charge is 2.58. The van der Waals surface area contributed by atoms with Crippen LogP contribution in [0, 0.1) is 0 Å². The molecule has 4 aliphatic carbocycles. The zero-order valence-electron chi connectivity index (χ0n) is 34.2. The van der Waals surface area contributed by atoms with Gasteiger partial charge in [-0.05, 0) is 116 Å². The van der Waals surface area contributed by atoms with Crippen LogP contribution in [0.2, 0.25) is 0 Å². The minimum atomic E-state index is -0.759. The second kappa shape index (κ2) is 11.9. The van der Waals surface area contributed by atoms with Crippen LogP contribution in [0.3, 0.4) is 0 Å². The quantitative estimate of drug-likeness (QED) is 0.168. The third-order valence-electron chi connectivity index (χ3n) is 14.6. The van der Waals surface area contributed by atoms with Gasteiger partial charge in [0.1, 0.15) is 0 Å². The molecule has 3 heterocycles. The van der Waals surface area contributed by atoms with Crippen LogP contribution in [0.1, 0.15) is 76.5 Å². The number of benzene rings is 6. The van der Waals surface area contributed by atoms with Gasteiger partial charge < -0.3 is 4.57 Å². The van der Waals surface area contributed by atoms with Crippen LogP contribution in [0.15, 0.2) is 187 Å². The molecule has 4 aliphatic rings. The van der Waals surface area contributed by atoms with Gasteiger partial charge in [0.15, 0.2) is 0 Å². The Hall–Kier alpha value is -7.43. The van der Waals surface area contributed by atoms with Gasteiger partial charge in [0, 0.05) is 22.6 Å². The normalized spacial score (nSPS) is 18.0. The second-order valence-corrected chi connectivity index (χ2v) is 17.5. The SMILES string of the molecule is C=NC1=C(/C=C\C)C2(c3ccccc3C(C)(C)c3cc4c(cc32)-c2ccccc2C42c3ccccc3-c3ccccc32)c2cc(-n3c4ccccc4c4ncccc43)cnc21. The number of nitrogens with zero attached hydrogens (tertiary/aromatic N) is 4. The molecule has 0 saturated carbocycles. The molecule has 0 N–H and O–H groups in total. The first-order valence-corrected chi connectivity index (χ1v) is 21.2. The molecule has 0 radical (unpaired) electrons. The van der Waals surface area contributed by atoms with Crippen LogP contribution in [0.4, 0.5) is 0 Å². The van der Waals surface area contributed by atoms with Gasteiger partial charge in [0.25, 0.3) is 0 Å². The predicted octanol–water partition coefficient (Wildman–Crippen LogP) is 12.9. The lowest BCUT2D eigenvalue weighted by Gasteiger charge is -2.47. The number of pyridine rings is 2. The van der Waals surface area contributed by atoms with Crippen molar-refractivity contribution < 1.29 is 0 Å². The molecule has 4 nitrogen and oxygen atoms in total. The number of allylic oxidation sites excluding steroid dienone is 3. The summed E-state index contributed by atoms with van der Waals surface area (Å²) < 4.78 is 2.32. The lowest BCUT2D eigenvalue weighted by atomic mass is 9.54. The van der Waals surface area contributed by atoms with E-state index in [0.29, 0.717) is 0 Å². The Morgan fingerprint density at radius 1 is 0.541 bits per heavy atom. The van der Waals surface area contributed by atoms with Gasteiger partial charge in [0.2, 0.25) is 0 Å². The molecule has 3 aromatic heterocycles. The predicted molar refractivity (Wildman–Crippen MR) is 249 cm³/mol. The molecular weight excluding hydrogens is 741 g/mol. The fourth-order valence-electron chi connectivity index (χ4n) is 12.3. The number of aromatic nitrogens is 3. The van der Waals surface area contributed by atoms with Crippen molar-refractivity contribution in [3.05, 3.63) is 238 Å². The summed E-state index contributed by atoms with van der Waals surface area (Å²) in [6, 6.07) is 56.6. The van der Waals surface area contributed by atoms with E-state index in [1.54, 1.807) is 0 Å². The summed E-state index contributed by atoms with van der Waals surface area (Å²) in [5, 5.41) is 1.11. The molecule has 9 aromatic rings. The summed E-state index contributed by atoms with van der Waals surface area (Å²) in [6.45, 7) is 11.2. The summed E-state index contributed by atoms with van der Waals surface area (Å²) in [5.41, 5.74) is 22.1. The maximum absolute atomic E-state index is 5.39. The molecule has 1 atom stereocenters. The first-order chi connectivity index (χ1) is 29.9. The van der Waals surface area contributed by atoms with E-state index in [-0.39, 0.29) is 5.41 Å². The highest BCUT2D eigenvalue weighted by Crippen LogP contribution is 2.67. The molecule has 288 valence electrons. The first kappa shape index (κ1) is 34.4. The van der Waals surface area contributed by atoms with Gasteiger partial charge in [-0.3, -0.25) is 15.0 Å². The lowest BCUT2D eigenvalue weighted by Crippen LogP contribution is -2.41. The van der Waals surface area contributed by atoms with E-state index >= 15 is 0 Å². The number of fused-ring (bicyclic) bond motifs is 19. The third-order valence-corrected chi connectivity index (χ3v) is 14.6. The van der Waals surface area contributed by atoms with Crippen molar-refractivity contribution in [1.29, 1.82) is 0 Å². The summed E-state index contributed by atoms with van der Waals surface area (Å²) in [7, 11) is 0. The summed E-state index contributed by atoms with van der Waals surface area (Å²) >= 11 is 0. The average Bonchev–Trinajstić information content (AvgIpc) is 3.99. The van der Waals surface area contributed by atoms with Crippen molar-refractivity contribution in [1.82, 2.24) is 14.5 Å². The molecule has 0 bridgehead atoms. The summed E-state index contributed by atoms with van der Waals surface area (Å²) in [4.78, 5) is 15.1. The molecule has 0 aliphatic heterocycles. The molecule has 4 heteroatoms. The largest absolute Gasteiger partial charge is 0.306 e. The van der Waals surface area contributed by atoms with Gasteiger partial charge >= 0.3 is 0 Å². The van der Waals surface area contributed by atoms with E-state index in [4.69, 9.17) is 15.0 Å². The Labute approximate surface area is 355 Å². The van der Waals surface area contributed by atoms with Gasteiger partial charge in [-0.25, -0.2) is 0 Å². The van der Waals surface area contributed by atoms with Crippen LogP contribution in [0.25, 0.3) is 55.6 Å². The first-order valence-electron chi connectivity index (χ1n) is 21.2. The minimum Gasteiger partial charge on any atom is -0.306 e. The minimum absolute atomic E-state index is 0.352. The van der Waals surface area contributed by atoms with Gasteiger partial charge in [-0.2, -0.15) is 0 Å². The van der Waals surface area contributed by atoms with Crippen LogP contribution in [-0.4, -0.2) is 21.3 Å². The summed E-state index contributed by atoms with van der Waals surface area (Å²) in [5.74, 6) is 0. The van der Waals surface area contributed by atoms with E-state index in [1.165, 1.54) is 66.8 Å². The fourth-order valence-corrected chi connectivity index (χ4v) is 12.3. The van der Waals surface area contributed by atoms with E-state index in [1.807, 2.05) is 18.5 Å². The number of hydrogen-bond acceptors (Lipinski definition) is 3. The van der Waals surface area contributed by atoms with Crippen molar-refractivity contribution in [3.63, 3.8) is 0 Å². The number of hydrogen-bond donors (Lipinski definition) is 0. The maximum Gasteiger partial charge on any atom is 0.0963 e. The van der Waals surface area contributed by atoms with Crippen molar-refractivity contribution >= 4 is 34.4 Å². The standard InChI is InChI=1S/C57H40N4/c1-5-17-45-53(58-4)54-49(30-34(33-60-54)61-50-27-15-9-21-38(50)52-51(61)28-16-29-59-52)57(45)44-26-14-13-25-43(44)55(2,3)47-32-46-39(31-48(47)57)37-20-8-12-24-42(37)56(46)40-22-10-6-18-35(40)36-19-7-11-23-41(36)56/h5-33H,4H2,1-3H3/b17-5-. The van der Waals surface area contributed by atoms with Crippen molar-refractivity contribution in [2.75, 3.05) is 0 Å². The van der Waals surface area contributed by atoms with Crippen molar-refractivity contribution in [2.24, 2.45) is 4.99 Å². The van der Waals surface area contributed by atoms with Gasteiger partial charge in [-0.15, -0.1) is 0 Å². The molecule has 0 fully saturated rings. The van der Waals surface area contributed by atoms with E-state index < -0.39 is 10.8 Å². The van der Waals surface area contributed by atoms with Crippen LogP contribution < -0.4 is 0 Å². The van der Waals surface area contributed by atoms with Gasteiger partial charge in [0.05, 0.1) is 50.7 Å². The molecular formula is C57H40N4. The van der Waals surface area contributed by atoms with Crippen molar-refractivity contribution in [3.8, 4) is 27.9 Å². The van der Waals surface area contributed by atoms with E-state index in [0.717, 1.165) is 50.2 Å². The topological polar surface area (TPSA) is 43.1 Å². The highest BCUT2D eigenvalue weighted by atomic mass is 15.0.